The summed E-state index contributed by atoms with van der Waals surface area (Å²) in [7, 11) is 0. The van der Waals surface area contributed by atoms with Crippen LogP contribution in [-0.4, -0.2) is 53.4 Å². The van der Waals surface area contributed by atoms with Gasteiger partial charge in [-0.1, -0.05) is 37.1 Å². The molecule has 1 atom stereocenters. The van der Waals surface area contributed by atoms with E-state index in [9.17, 15) is 9.59 Å². The van der Waals surface area contributed by atoms with Gasteiger partial charge in [0.2, 0.25) is 11.8 Å². The van der Waals surface area contributed by atoms with Crippen molar-refractivity contribution in [1.82, 2.24) is 9.80 Å². The fourth-order valence-electron chi connectivity index (χ4n) is 4.43. The number of ether oxygens (including phenoxy) is 1. The van der Waals surface area contributed by atoms with Crippen LogP contribution in [0.25, 0.3) is 0 Å². The Bertz CT molecular complexity index is 678. The highest BCUT2D eigenvalue weighted by molar-refractivity contribution is 5.89. The maximum absolute atomic E-state index is 12.7. The van der Waals surface area contributed by atoms with Crippen molar-refractivity contribution in [3.05, 3.63) is 35.4 Å². The summed E-state index contributed by atoms with van der Waals surface area (Å²) in [6.07, 6.45) is 5.12. The lowest BCUT2D eigenvalue weighted by Gasteiger charge is -2.40. The van der Waals surface area contributed by atoms with Crippen molar-refractivity contribution in [1.29, 1.82) is 0 Å². The number of nitrogens with zero attached hydrogens (tertiary/aromatic N) is 2. The molecular formula is C21H28N2O3. The number of likely N-dealkylation sites (tertiary alicyclic amines) is 2. The predicted octanol–water partition coefficient (Wildman–Crippen LogP) is 2.51. The van der Waals surface area contributed by atoms with E-state index in [4.69, 9.17) is 4.74 Å². The summed E-state index contributed by atoms with van der Waals surface area (Å²) in [5.41, 5.74) is 2.43. The second-order valence-corrected chi connectivity index (χ2v) is 7.99. The third-order valence-electron chi connectivity index (χ3n) is 6.17. The van der Waals surface area contributed by atoms with Crippen LogP contribution in [-0.2, 0) is 20.9 Å². The normalized spacial score (nSPS) is 24.3. The zero-order valence-electron chi connectivity index (χ0n) is 15.5. The molecule has 0 unspecified atom stereocenters. The van der Waals surface area contributed by atoms with Crippen molar-refractivity contribution in [2.24, 2.45) is 5.92 Å². The van der Waals surface area contributed by atoms with Crippen molar-refractivity contribution in [3.63, 3.8) is 0 Å². The Morgan fingerprint density at radius 3 is 2.62 bits per heavy atom. The Kier molecular flexibility index (Phi) is 4.98. The minimum atomic E-state index is -0.152. The largest absolute Gasteiger partial charge is 0.370 e. The number of hydrogen-bond donors (Lipinski definition) is 0. The molecule has 4 rings (SSSR count). The molecule has 1 aromatic rings. The summed E-state index contributed by atoms with van der Waals surface area (Å²) >= 11 is 0. The minimum absolute atomic E-state index is 0.113. The van der Waals surface area contributed by atoms with Gasteiger partial charge in [0.1, 0.15) is 0 Å². The van der Waals surface area contributed by atoms with Crippen molar-refractivity contribution in [2.45, 2.75) is 57.8 Å². The van der Waals surface area contributed by atoms with Gasteiger partial charge in [-0.25, -0.2) is 0 Å². The van der Waals surface area contributed by atoms with Crippen molar-refractivity contribution >= 4 is 11.8 Å². The molecule has 3 fully saturated rings. The summed E-state index contributed by atoms with van der Waals surface area (Å²) in [5.74, 6) is 0.151. The summed E-state index contributed by atoms with van der Waals surface area (Å²) in [4.78, 5) is 28.8. The quantitative estimate of drug-likeness (QED) is 0.815. The minimum Gasteiger partial charge on any atom is -0.370 e. The first-order chi connectivity index (χ1) is 12.6. The standard InChI is InChI=1S/C21H28N2O3/c1-15-6-2-3-7-16(15)14-26-19-12-22(13-19)21(25)17-10-20(24)23(11-17)18-8-4-5-9-18/h2-3,6-7,17-19H,4-5,8-14H2,1H3/t17-/m0/s1. The van der Waals surface area contributed by atoms with E-state index < -0.39 is 0 Å². The maximum atomic E-state index is 12.7. The molecule has 0 radical (unpaired) electrons. The van der Waals surface area contributed by atoms with E-state index in [-0.39, 0.29) is 23.8 Å². The number of carbonyl (C=O) groups is 2. The molecule has 0 spiro atoms. The van der Waals surface area contributed by atoms with Gasteiger partial charge in [0.25, 0.3) is 0 Å². The van der Waals surface area contributed by atoms with E-state index in [0.29, 0.717) is 38.7 Å². The third-order valence-corrected chi connectivity index (χ3v) is 6.17. The highest BCUT2D eigenvalue weighted by Crippen LogP contribution is 2.31. The van der Waals surface area contributed by atoms with E-state index in [2.05, 4.69) is 19.1 Å². The molecule has 140 valence electrons. The van der Waals surface area contributed by atoms with Gasteiger partial charge >= 0.3 is 0 Å². The second kappa shape index (κ2) is 7.39. The molecule has 5 heteroatoms. The van der Waals surface area contributed by atoms with E-state index in [0.717, 1.165) is 12.8 Å². The average molecular weight is 356 g/mol. The molecule has 1 aromatic carbocycles. The van der Waals surface area contributed by atoms with Crippen LogP contribution in [0.5, 0.6) is 0 Å². The first-order valence-electron chi connectivity index (χ1n) is 9.86. The van der Waals surface area contributed by atoms with E-state index in [1.54, 1.807) is 0 Å². The first kappa shape index (κ1) is 17.5. The van der Waals surface area contributed by atoms with Crippen LogP contribution in [0.1, 0.15) is 43.2 Å². The molecule has 2 heterocycles. The van der Waals surface area contributed by atoms with Crippen LogP contribution >= 0.6 is 0 Å². The first-order valence-corrected chi connectivity index (χ1v) is 9.86. The van der Waals surface area contributed by atoms with Gasteiger partial charge in [-0.3, -0.25) is 9.59 Å². The number of aryl methyl sites for hydroxylation is 1. The Morgan fingerprint density at radius 2 is 1.88 bits per heavy atom. The Labute approximate surface area is 155 Å². The summed E-state index contributed by atoms with van der Waals surface area (Å²) < 4.78 is 5.94. The summed E-state index contributed by atoms with van der Waals surface area (Å²) in [6, 6.07) is 8.60. The molecule has 1 aliphatic carbocycles. The molecule has 26 heavy (non-hydrogen) atoms. The Hall–Kier alpha value is -1.88. The molecule has 0 aromatic heterocycles. The molecular weight excluding hydrogens is 328 g/mol. The zero-order valence-corrected chi connectivity index (χ0v) is 15.5. The van der Waals surface area contributed by atoms with E-state index in [1.165, 1.54) is 24.0 Å². The van der Waals surface area contributed by atoms with E-state index in [1.807, 2.05) is 21.9 Å². The highest BCUT2D eigenvalue weighted by atomic mass is 16.5. The van der Waals surface area contributed by atoms with Crippen molar-refractivity contribution < 1.29 is 14.3 Å². The fraction of sp³-hybridized carbons (Fsp3) is 0.619. The van der Waals surface area contributed by atoms with Gasteiger partial charge in [-0.2, -0.15) is 0 Å². The van der Waals surface area contributed by atoms with E-state index >= 15 is 0 Å². The molecule has 0 N–H and O–H groups in total. The van der Waals surface area contributed by atoms with Gasteiger partial charge in [0.05, 0.1) is 18.6 Å². The maximum Gasteiger partial charge on any atom is 0.228 e. The van der Waals surface area contributed by atoms with Gasteiger partial charge in [-0.15, -0.1) is 0 Å². The molecule has 2 saturated heterocycles. The molecule has 5 nitrogen and oxygen atoms in total. The Morgan fingerprint density at radius 1 is 1.15 bits per heavy atom. The van der Waals surface area contributed by atoms with Crippen LogP contribution in [0.15, 0.2) is 24.3 Å². The molecule has 0 bridgehead atoms. The van der Waals surface area contributed by atoms with Crippen LogP contribution < -0.4 is 0 Å². The lowest BCUT2D eigenvalue weighted by molar-refractivity contribution is -0.150. The fourth-order valence-corrected chi connectivity index (χ4v) is 4.43. The smallest absolute Gasteiger partial charge is 0.228 e. The molecule has 2 amide bonds. The Balaban J connectivity index is 1.23. The van der Waals surface area contributed by atoms with Gasteiger partial charge in [-0.05, 0) is 30.9 Å². The lowest BCUT2D eigenvalue weighted by Crippen LogP contribution is -2.56. The number of amides is 2. The van der Waals surface area contributed by atoms with Crippen molar-refractivity contribution in [3.8, 4) is 0 Å². The van der Waals surface area contributed by atoms with Crippen LogP contribution in [0.2, 0.25) is 0 Å². The number of hydrogen-bond acceptors (Lipinski definition) is 3. The number of rotatable bonds is 5. The van der Waals surface area contributed by atoms with Crippen LogP contribution in [0, 0.1) is 12.8 Å². The molecule has 3 aliphatic rings. The summed E-state index contributed by atoms with van der Waals surface area (Å²) in [5, 5.41) is 0. The van der Waals surface area contributed by atoms with Gasteiger partial charge < -0.3 is 14.5 Å². The highest BCUT2D eigenvalue weighted by Gasteiger charge is 2.42. The van der Waals surface area contributed by atoms with Crippen molar-refractivity contribution in [2.75, 3.05) is 19.6 Å². The van der Waals surface area contributed by atoms with Gasteiger partial charge in [0.15, 0.2) is 0 Å². The average Bonchev–Trinajstić information content (AvgIpc) is 3.24. The van der Waals surface area contributed by atoms with Gasteiger partial charge in [0, 0.05) is 32.1 Å². The second-order valence-electron chi connectivity index (χ2n) is 7.99. The zero-order chi connectivity index (χ0) is 18.1. The predicted molar refractivity (Wildman–Crippen MR) is 98.4 cm³/mol. The number of carbonyl (C=O) groups excluding carboxylic acids is 2. The topological polar surface area (TPSA) is 49.9 Å². The van der Waals surface area contributed by atoms with Crippen LogP contribution in [0.4, 0.5) is 0 Å². The summed E-state index contributed by atoms with van der Waals surface area (Å²) in [6.45, 7) is 4.60. The SMILES string of the molecule is Cc1ccccc1COC1CN(C(=O)[C@H]2CC(=O)N(C3CCCC3)C2)C1. The lowest BCUT2D eigenvalue weighted by atomic mass is 10.0. The van der Waals surface area contributed by atoms with Crippen LogP contribution in [0.3, 0.4) is 0 Å². The third kappa shape index (κ3) is 3.50. The molecule has 1 saturated carbocycles. The monoisotopic (exact) mass is 356 g/mol. The molecule has 2 aliphatic heterocycles. The number of benzene rings is 1.